The van der Waals surface area contributed by atoms with Crippen molar-refractivity contribution in [2.75, 3.05) is 40.4 Å². The first-order valence-corrected chi connectivity index (χ1v) is 8.60. The maximum Gasteiger partial charge on any atom is 0.193 e. The van der Waals surface area contributed by atoms with Crippen molar-refractivity contribution >= 4 is 29.9 Å². The fourth-order valence-corrected chi connectivity index (χ4v) is 2.56. The number of likely N-dealkylation sites (N-methyl/N-ethyl adjacent to an activating group) is 1. The van der Waals surface area contributed by atoms with Gasteiger partial charge in [-0.25, -0.2) is 0 Å². The highest BCUT2D eigenvalue weighted by Gasteiger charge is 2.21. The van der Waals surface area contributed by atoms with E-state index in [-0.39, 0.29) is 24.0 Å². The number of nitrogens with zero attached hydrogens (tertiary/aromatic N) is 4. The third-order valence-corrected chi connectivity index (χ3v) is 4.13. The largest absolute Gasteiger partial charge is 0.379 e. The van der Waals surface area contributed by atoms with Gasteiger partial charge in [0, 0.05) is 46.0 Å². The smallest absolute Gasteiger partial charge is 0.193 e. The molecule has 2 rings (SSSR count). The lowest BCUT2D eigenvalue weighted by atomic mass is 10.4. The average molecular weight is 449 g/mol. The van der Waals surface area contributed by atoms with E-state index in [1.165, 1.54) is 18.5 Å². The van der Waals surface area contributed by atoms with Gasteiger partial charge in [-0.15, -0.1) is 24.0 Å². The van der Waals surface area contributed by atoms with Crippen LogP contribution in [0.15, 0.2) is 11.1 Å². The Morgan fingerprint density at radius 3 is 2.79 bits per heavy atom. The van der Waals surface area contributed by atoms with Gasteiger partial charge in [-0.1, -0.05) is 0 Å². The Hall–Kier alpha value is -0.830. The average Bonchev–Trinajstić information content (AvgIpc) is 3.28. The number of halogens is 1. The van der Waals surface area contributed by atoms with Gasteiger partial charge in [-0.05, 0) is 45.1 Å². The molecule has 1 fully saturated rings. The summed E-state index contributed by atoms with van der Waals surface area (Å²) in [4.78, 5) is 6.46. The number of aromatic nitrogens is 2. The number of ether oxygens (including phenoxy) is 1. The molecule has 24 heavy (non-hydrogen) atoms. The first kappa shape index (κ1) is 21.2. The number of aliphatic imine (C=N–C) groups is 1. The molecule has 0 atom stereocenters. The van der Waals surface area contributed by atoms with E-state index in [9.17, 15) is 0 Å². The highest BCUT2D eigenvalue weighted by Crippen LogP contribution is 2.28. The van der Waals surface area contributed by atoms with Crippen LogP contribution in [0.4, 0.5) is 0 Å². The summed E-state index contributed by atoms with van der Waals surface area (Å²) in [6, 6.07) is 2.11. The fraction of sp³-hybridized carbons (Fsp3) is 0.765. The lowest BCUT2D eigenvalue weighted by Crippen LogP contribution is -2.41. The Morgan fingerprint density at radius 1 is 1.46 bits per heavy atom. The third kappa shape index (κ3) is 7.38. The molecule has 0 aromatic carbocycles. The van der Waals surface area contributed by atoms with Gasteiger partial charge in [0.25, 0.3) is 0 Å². The second-order valence-corrected chi connectivity index (χ2v) is 6.42. The van der Waals surface area contributed by atoms with Crippen LogP contribution in [0, 0.1) is 19.8 Å². The first-order chi connectivity index (χ1) is 11.1. The van der Waals surface area contributed by atoms with Gasteiger partial charge in [-0.3, -0.25) is 9.67 Å². The molecular weight excluding hydrogens is 417 g/mol. The van der Waals surface area contributed by atoms with Crippen LogP contribution in [0.2, 0.25) is 0 Å². The second kappa shape index (κ2) is 10.9. The molecule has 1 aliphatic rings. The van der Waals surface area contributed by atoms with Crippen molar-refractivity contribution in [2.45, 2.75) is 39.7 Å². The summed E-state index contributed by atoms with van der Waals surface area (Å²) in [5.41, 5.74) is 2.30. The van der Waals surface area contributed by atoms with Crippen molar-refractivity contribution in [1.82, 2.24) is 20.0 Å². The Balaban J connectivity index is 0.00000288. The predicted octanol–water partition coefficient (Wildman–Crippen LogP) is 2.44. The van der Waals surface area contributed by atoms with E-state index in [0.29, 0.717) is 0 Å². The topological polar surface area (TPSA) is 54.7 Å². The van der Waals surface area contributed by atoms with E-state index in [4.69, 9.17) is 4.74 Å². The van der Waals surface area contributed by atoms with Crippen molar-refractivity contribution < 1.29 is 4.74 Å². The van der Waals surface area contributed by atoms with Crippen LogP contribution < -0.4 is 5.32 Å². The Morgan fingerprint density at radius 2 is 2.21 bits per heavy atom. The SMILES string of the molecule is CN=C(NCCCn1nc(C)cc1C)N(C)CCOCC1CC1.I. The Labute approximate surface area is 163 Å². The molecule has 0 radical (unpaired) electrons. The van der Waals surface area contributed by atoms with Gasteiger partial charge >= 0.3 is 0 Å². The molecule has 1 aromatic heterocycles. The molecule has 0 spiro atoms. The molecule has 138 valence electrons. The van der Waals surface area contributed by atoms with Crippen LogP contribution in [-0.2, 0) is 11.3 Å². The normalized spacial score (nSPS) is 14.4. The summed E-state index contributed by atoms with van der Waals surface area (Å²) in [5, 5.41) is 7.89. The van der Waals surface area contributed by atoms with Gasteiger partial charge < -0.3 is 15.0 Å². The Kier molecular flexibility index (Phi) is 9.65. The molecule has 0 bridgehead atoms. The minimum absolute atomic E-state index is 0. The van der Waals surface area contributed by atoms with E-state index in [1.807, 2.05) is 14.0 Å². The fourth-order valence-electron chi connectivity index (χ4n) is 2.56. The summed E-state index contributed by atoms with van der Waals surface area (Å²) in [5.74, 6) is 1.75. The number of rotatable bonds is 9. The molecular formula is C17H32IN5O. The Bertz CT molecular complexity index is 513. The minimum atomic E-state index is 0. The molecule has 0 saturated heterocycles. The number of guanidine groups is 1. The van der Waals surface area contributed by atoms with Gasteiger partial charge in [0.1, 0.15) is 0 Å². The van der Waals surface area contributed by atoms with Crippen LogP contribution in [0.5, 0.6) is 0 Å². The van der Waals surface area contributed by atoms with E-state index >= 15 is 0 Å². The number of hydrogen-bond donors (Lipinski definition) is 1. The standard InChI is InChI=1S/C17H31N5O.HI/c1-14-12-15(2)22(20-14)9-5-8-19-17(18-3)21(4)10-11-23-13-16-6-7-16;/h12,16H,5-11,13H2,1-4H3,(H,18,19);1H. The molecule has 1 aromatic rings. The molecule has 0 unspecified atom stereocenters. The summed E-state index contributed by atoms with van der Waals surface area (Å²) >= 11 is 0. The summed E-state index contributed by atoms with van der Waals surface area (Å²) in [7, 11) is 3.88. The van der Waals surface area contributed by atoms with Crippen molar-refractivity contribution in [3.63, 3.8) is 0 Å². The van der Waals surface area contributed by atoms with Gasteiger partial charge in [-0.2, -0.15) is 5.10 Å². The van der Waals surface area contributed by atoms with Crippen LogP contribution in [-0.4, -0.2) is 61.0 Å². The van der Waals surface area contributed by atoms with Crippen LogP contribution >= 0.6 is 24.0 Å². The summed E-state index contributed by atoms with van der Waals surface area (Å²) in [6.07, 6.45) is 3.70. The van der Waals surface area contributed by atoms with E-state index in [0.717, 1.165) is 56.8 Å². The summed E-state index contributed by atoms with van der Waals surface area (Å²) < 4.78 is 7.75. The van der Waals surface area contributed by atoms with E-state index in [1.54, 1.807) is 0 Å². The van der Waals surface area contributed by atoms with E-state index < -0.39 is 0 Å². The predicted molar refractivity (Wildman–Crippen MR) is 109 cm³/mol. The van der Waals surface area contributed by atoms with Crippen molar-refractivity contribution in [3.05, 3.63) is 17.5 Å². The monoisotopic (exact) mass is 449 g/mol. The number of aryl methyl sites for hydroxylation is 3. The van der Waals surface area contributed by atoms with Gasteiger partial charge in [0.2, 0.25) is 0 Å². The maximum absolute atomic E-state index is 5.69. The van der Waals surface area contributed by atoms with Crippen LogP contribution in [0.3, 0.4) is 0 Å². The molecule has 1 N–H and O–H groups in total. The van der Waals surface area contributed by atoms with Gasteiger partial charge in [0.05, 0.1) is 12.3 Å². The molecule has 1 heterocycles. The molecule has 0 amide bonds. The van der Waals surface area contributed by atoms with E-state index in [2.05, 4.69) is 45.0 Å². The lowest BCUT2D eigenvalue weighted by Gasteiger charge is -2.22. The zero-order chi connectivity index (χ0) is 16.7. The second-order valence-electron chi connectivity index (χ2n) is 6.42. The molecule has 1 saturated carbocycles. The molecule has 1 aliphatic carbocycles. The minimum Gasteiger partial charge on any atom is -0.379 e. The number of hydrogen-bond acceptors (Lipinski definition) is 3. The molecule has 7 heteroatoms. The zero-order valence-electron chi connectivity index (χ0n) is 15.4. The maximum atomic E-state index is 5.69. The van der Waals surface area contributed by atoms with Crippen molar-refractivity contribution in [1.29, 1.82) is 0 Å². The highest BCUT2D eigenvalue weighted by atomic mass is 127. The first-order valence-electron chi connectivity index (χ1n) is 8.60. The summed E-state index contributed by atoms with van der Waals surface area (Å²) in [6.45, 7) is 8.49. The van der Waals surface area contributed by atoms with Crippen LogP contribution in [0.25, 0.3) is 0 Å². The number of nitrogens with one attached hydrogen (secondary N) is 1. The zero-order valence-corrected chi connectivity index (χ0v) is 17.7. The van der Waals surface area contributed by atoms with Gasteiger partial charge in [0.15, 0.2) is 5.96 Å². The van der Waals surface area contributed by atoms with Crippen molar-refractivity contribution in [3.8, 4) is 0 Å². The quantitative estimate of drug-likeness (QED) is 0.272. The molecule has 6 nitrogen and oxygen atoms in total. The van der Waals surface area contributed by atoms with Crippen LogP contribution in [0.1, 0.15) is 30.7 Å². The highest BCUT2D eigenvalue weighted by molar-refractivity contribution is 14.0. The molecule has 0 aliphatic heterocycles. The third-order valence-electron chi connectivity index (χ3n) is 4.13. The van der Waals surface area contributed by atoms with Crippen molar-refractivity contribution in [2.24, 2.45) is 10.9 Å². The lowest BCUT2D eigenvalue weighted by molar-refractivity contribution is 0.115.